The molecular weight excluding hydrogens is 423 g/mol. The van der Waals surface area contributed by atoms with Crippen molar-refractivity contribution in [3.63, 3.8) is 0 Å². The van der Waals surface area contributed by atoms with Gasteiger partial charge in [0.2, 0.25) is 0 Å². The first-order valence-corrected chi connectivity index (χ1v) is 10.3. The van der Waals surface area contributed by atoms with Gasteiger partial charge in [0, 0.05) is 21.7 Å². The molecule has 0 amide bonds. The van der Waals surface area contributed by atoms with Crippen LogP contribution in [0, 0.1) is 0 Å². The second-order valence-electron chi connectivity index (χ2n) is 5.98. The van der Waals surface area contributed by atoms with E-state index in [4.69, 9.17) is 9.47 Å². The maximum atomic E-state index is 12.2. The van der Waals surface area contributed by atoms with Crippen molar-refractivity contribution < 1.29 is 14.3 Å². The van der Waals surface area contributed by atoms with Crippen LogP contribution in [0.15, 0.2) is 41.3 Å². The van der Waals surface area contributed by atoms with Crippen LogP contribution in [0.2, 0.25) is 0 Å². The first-order valence-electron chi connectivity index (χ1n) is 7.65. The van der Waals surface area contributed by atoms with Crippen LogP contribution in [0.25, 0.3) is 10.8 Å². The number of hydrogen-bond donors (Lipinski definition) is 0. The van der Waals surface area contributed by atoms with Crippen molar-refractivity contribution in [2.45, 2.75) is 22.2 Å². The summed E-state index contributed by atoms with van der Waals surface area (Å²) in [5, 5.41) is 2.20. The number of esters is 1. The molecule has 0 saturated carbocycles. The van der Waals surface area contributed by atoms with Gasteiger partial charge in [0.25, 0.3) is 0 Å². The van der Waals surface area contributed by atoms with E-state index in [1.54, 1.807) is 0 Å². The molecule has 3 rings (SSSR count). The summed E-state index contributed by atoms with van der Waals surface area (Å²) in [6.07, 6.45) is 0. The second-order valence-corrected chi connectivity index (χ2v) is 10.9. The summed E-state index contributed by atoms with van der Waals surface area (Å²) in [6.45, 7) is 5.38. The lowest BCUT2D eigenvalue weighted by Gasteiger charge is -2.18. The fraction of sp³-hybridized carbons (Fsp3) is 0.389. The lowest BCUT2D eigenvalue weighted by Crippen LogP contribution is -2.29. The molecule has 0 atom stereocenters. The van der Waals surface area contributed by atoms with Gasteiger partial charge in [-0.1, -0.05) is 40.8 Å². The zero-order valence-electron chi connectivity index (χ0n) is 13.3. The first kappa shape index (κ1) is 17.0. The quantitative estimate of drug-likeness (QED) is 0.237. The highest BCUT2D eigenvalue weighted by Crippen LogP contribution is 2.34. The normalized spacial score (nSPS) is 16.5. The van der Waals surface area contributed by atoms with Crippen molar-refractivity contribution >= 4 is 50.2 Å². The monoisotopic (exact) mass is 443 g/mol. The Hall–Kier alpha value is -0.790. The summed E-state index contributed by atoms with van der Waals surface area (Å²) in [4.78, 5) is 13.6. The third-order valence-corrected chi connectivity index (χ3v) is 6.53. The van der Waals surface area contributed by atoms with Crippen LogP contribution in [0.5, 0.6) is 5.75 Å². The van der Waals surface area contributed by atoms with E-state index in [0.29, 0.717) is 5.75 Å². The van der Waals surface area contributed by atoms with Gasteiger partial charge in [0.05, 0.1) is 13.2 Å². The van der Waals surface area contributed by atoms with Crippen molar-refractivity contribution in [2.75, 3.05) is 24.7 Å². The predicted octanol–water partition coefficient (Wildman–Crippen LogP) is 3.97. The molecule has 1 aliphatic heterocycles. The van der Waals surface area contributed by atoms with E-state index < -0.39 is 3.42 Å². The summed E-state index contributed by atoms with van der Waals surface area (Å²) < 4.78 is 10.6. The molecule has 3 nitrogen and oxygen atoms in total. The van der Waals surface area contributed by atoms with Crippen molar-refractivity contribution in [1.82, 2.24) is 0 Å². The number of alkyl halides is 1. The SMILES string of the molecule is CC(C)(I)C(=O)Oc1ccc([S+]2CCOCC2)c2ccccc12. The van der Waals surface area contributed by atoms with Crippen LogP contribution in [-0.2, 0) is 20.4 Å². The smallest absolute Gasteiger partial charge is 0.326 e. The summed E-state index contributed by atoms with van der Waals surface area (Å²) >= 11 is 2.11. The van der Waals surface area contributed by atoms with Crippen LogP contribution in [0.4, 0.5) is 0 Å². The number of carbonyl (C=O) groups excluding carboxylic acids is 1. The van der Waals surface area contributed by atoms with E-state index in [-0.39, 0.29) is 16.9 Å². The molecule has 122 valence electrons. The molecule has 0 N–H and O–H groups in total. The Labute approximate surface area is 153 Å². The van der Waals surface area contributed by atoms with Gasteiger partial charge in [-0.2, -0.15) is 0 Å². The summed E-state index contributed by atoms with van der Waals surface area (Å²) in [6, 6.07) is 12.3. The molecular formula is C18H20IO3S+. The molecule has 1 aliphatic rings. The van der Waals surface area contributed by atoms with Gasteiger partial charge in [-0.25, -0.2) is 0 Å². The van der Waals surface area contributed by atoms with E-state index in [1.165, 1.54) is 10.3 Å². The molecule has 23 heavy (non-hydrogen) atoms. The van der Waals surface area contributed by atoms with Crippen LogP contribution in [0.3, 0.4) is 0 Å². The highest BCUT2D eigenvalue weighted by molar-refractivity contribution is 14.1. The lowest BCUT2D eigenvalue weighted by molar-refractivity contribution is -0.135. The molecule has 1 heterocycles. The van der Waals surface area contributed by atoms with Gasteiger partial charge < -0.3 is 9.47 Å². The third-order valence-electron chi connectivity index (χ3n) is 3.79. The Morgan fingerprint density at radius 3 is 2.43 bits per heavy atom. The maximum absolute atomic E-state index is 12.2. The van der Waals surface area contributed by atoms with Crippen molar-refractivity contribution in [3.8, 4) is 5.75 Å². The van der Waals surface area contributed by atoms with E-state index >= 15 is 0 Å². The first-order chi connectivity index (χ1) is 11.0. The maximum Gasteiger partial charge on any atom is 0.326 e. The minimum absolute atomic E-state index is 0.212. The average Bonchev–Trinajstić information content (AvgIpc) is 2.55. The molecule has 0 unspecified atom stereocenters. The number of benzene rings is 2. The molecule has 1 fully saturated rings. The topological polar surface area (TPSA) is 35.5 Å². The standard InChI is InChI=1S/C18H20IO3S/c1-18(2,19)17(20)22-15-7-8-16(23-11-9-21-10-12-23)14-6-4-3-5-13(14)15/h3-8H,9-12H2,1-2H3/q+1. The molecule has 0 bridgehead atoms. The molecule has 2 aromatic carbocycles. The Bertz CT molecular complexity index is 718. The molecule has 1 saturated heterocycles. The molecule has 5 heteroatoms. The van der Waals surface area contributed by atoms with Crippen LogP contribution in [0.1, 0.15) is 13.8 Å². The van der Waals surface area contributed by atoms with Crippen LogP contribution in [-0.4, -0.2) is 34.1 Å². The van der Waals surface area contributed by atoms with Crippen molar-refractivity contribution in [1.29, 1.82) is 0 Å². The van der Waals surface area contributed by atoms with Gasteiger partial charge in [0.1, 0.15) is 20.7 Å². The Morgan fingerprint density at radius 2 is 1.78 bits per heavy atom. The number of halogens is 1. The van der Waals surface area contributed by atoms with E-state index in [1.807, 2.05) is 38.1 Å². The van der Waals surface area contributed by atoms with Gasteiger partial charge in [-0.05, 0) is 32.0 Å². The lowest BCUT2D eigenvalue weighted by atomic mass is 10.1. The molecule has 0 spiro atoms. The zero-order chi connectivity index (χ0) is 16.4. The minimum atomic E-state index is -0.542. The van der Waals surface area contributed by atoms with E-state index in [2.05, 4.69) is 34.7 Å². The Morgan fingerprint density at radius 1 is 1.13 bits per heavy atom. The van der Waals surface area contributed by atoms with E-state index in [9.17, 15) is 4.79 Å². The number of carbonyl (C=O) groups is 1. The highest BCUT2D eigenvalue weighted by Gasteiger charge is 2.30. The highest BCUT2D eigenvalue weighted by atomic mass is 127. The fourth-order valence-corrected chi connectivity index (χ4v) is 4.69. The van der Waals surface area contributed by atoms with Crippen molar-refractivity contribution in [2.24, 2.45) is 0 Å². The van der Waals surface area contributed by atoms with Gasteiger partial charge in [0.15, 0.2) is 4.90 Å². The summed E-state index contributed by atoms with van der Waals surface area (Å²) in [5.74, 6) is 2.58. The third kappa shape index (κ3) is 3.83. The zero-order valence-corrected chi connectivity index (χ0v) is 16.3. The Kier molecular flexibility index (Phi) is 5.18. The molecule has 0 radical (unpaired) electrons. The number of hydrogen-bond acceptors (Lipinski definition) is 3. The van der Waals surface area contributed by atoms with Crippen LogP contribution < -0.4 is 4.74 Å². The van der Waals surface area contributed by atoms with Gasteiger partial charge in [-0.15, -0.1) is 0 Å². The number of ether oxygens (including phenoxy) is 2. The van der Waals surface area contributed by atoms with Gasteiger partial charge in [-0.3, -0.25) is 4.79 Å². The fourth-order valence-electron chi connectivity index (χ4n) is 2.55. The van der Waals surface area contributed by atoms with Gasteiger partial charge >= 0.3 is 5.97 Å². The van der Waals surface area contributed by atoms with Crippen molar-refractivity contribution in [3.05, 3.63) is 36.4 Å². The largest absolute Gasteiger partial charge is 0.425 e. The Balaban J connectivity index is 2.00. The predicted molar refractivity (Wildman–Crippen MR) is 104 cm³/mol. The second kappa shape index (κ2) is 6.99. The van der Waals surface area contributed by atoms with Crippen LogP contribution >= 0.6 is 22.6 Å². The summed E-state index contributed by atoms with van der Waals surface area (Å²) in [5.41, 5.74) is 0. The number of fused-ring (bicyclic) bond motifs is 1. The number of rotatable bonds is 3. The molecule has 0 aliphatic carbocycles. The molecule has 0 aromatic heterocycles. The molecule has 2 aromatic rings. The average molecular weight is 443 g/mol. The minimum Gasteiger partial charge on any atom is -0.425 e. The van der Waals surface area contributed by atoms with E-state index in [0.717, 1.165) is 30.1 Å². The summed E-state index contributed by atoms with van der Waals surface area (Å²) in [7, 11) is 0.212.